The number of hydrogen-bond acceptors (Lipinski definition) is 2. The third-order valence-electron chi connectivity index (χ3n) is 3.13. The second-order valence-corrected chi connectivity index (χ2v) is 5.79. The highest BCUT2D eigenvalue weighted by molar-refractivity contribution is 9.10. The average molecular weight is 318 g/mol. The molecular formula is C12H14BrClN2O. The Morgan fingerprint density at radius 1 is 1.53 bits per heavy atom. The van der Waals surface area contributed by atoms with Crippen molar-refractivity contribution in [2.24, 2.45) is 5.73 Å². The molecule has 1 saturated carbocycles. The minimum atomic E-state index is -0.200. The molecule has 0 bridgehead atoms. The highest BCUT2D eigenvalue weighted by Gasteiger charge is 2.32. The number of carbonyl (C=O) groups is 1. The number of hydrogen-bond donors (Lipinski definition) is 2. The van der Waals surface area contributed by atoms with Crippen LogP contribution in [0.5, 0.6) is 0 Å². The fraction of sp³-hybridized carbons (Fsp3) is 0.417. The summed E-state index contributed by atoms with van der Waals surface area (Å²) in [5.74, 6) is -0.129. The van der Waals surface area contributed by atoms with E-state index in [-0.39, 0.29) is 11.4 Å². The van der Waals surface area contributed by atoms with Crippen molar-refractivity contribution in [3.63, 3.8) is 0 Å². The smallest absolute Gasteiger partial charge is 0.251 e. The SMILES string of the molecule is NC1(CNC(=O)c2ccc(Br)c(Cl)c2)CCC1. The first kappa shape index (κ1) is 12.9. The Hall–Kier alpha value is -0.580. The minimum absolute atomic E-state index is 0.129. The van der Waals surface area contributed by atoms with Crippen molar-refractivity contribution in [3.05, 3.63) is 33.3 Å². The summed E-state index contributed by atoms with van der Waals surface area (Å²) in [6.45, 7) is 0.527. The van der Waals surface area contributed by atoms with E-state index < -0.39 is 0 Å². The fourth-order valence-corrected chi connectivity index (χ4v) is 2.23. The van der Waals surface area contributed by atoms with Crippen molar-refractivity contribution in [2.45, 2.75) is 24.8 Å². The maximum Gasteiger partial charge on any atom is 0.251 e. The van der Waals surface area contributed by atoms with Crippen LogP contribution in [0.2, 0.25) is 5.02 Å². The molecule has 5 heteroatoms. The topological polar surface area (TPSA) is 55.1 Å². The first-order valence-electron chi connectivity index (χ1n) is 5.52. The summed E-state index contributed by atoms with van der Waals surface area (Å²) in [5.41, 5.74) is 6.39. The van der Waals surface area contributed by atoms with Gasteiger partial charge in [0.25, 0.3) is 5.91 Å². The van der Waals surface area contributed by atoms with Gasteiger partial charge in [-0.2, -0.15) is 0 Å². The van der Waals surface area contributed by atoms with E-state index in [1.807, 2.05) is 0 Å². The van der Waals surface area contributed by atoms with E-state index in [0.717, 1.165) is 23.7 Å². The van der Waals surface area contributed by atoms with Gasteiger partial charge in [0.2, 0.25) is 0 Å². The van der Waals surface area contributed by atoms with Crippen LogP contribution in [0, 0.1) is 0 Å². The predicted molar refractivity (Wildman–Crippen MR) is 72.3 cm³/mol. The van der Waals surface area contributed by atoms with Gasteiger partial charge >= 0.3 is 0 Å². The number of benzene rings is 1. The molecule has 0 saturated heterocycles. The Morgan fingerprint density at radius 2 is 2.24 bits per heavy atom. The van der Waals surface area contributed by atoms with Crippen molar-refractivity contribution in [3.8, 4) is 0 Å². The second-order valence-electron chi connectivity index (χ2n) is 4.53. The van der Waals surface area contributed by atoms with Crippen LogP contribution in [0.25, 0.3) is 0 Å². The zero-order valence-electron chi connectivity index (χ0n) is 9.30. The van der Waals surface area contributed by atoms with E-state index in [2.05, 4.69) is 21.2 Å². The van der Waals surface area contributed by atoms with E-state index in [1.54, 1.807) is 18.2 Å². The van der Waals surface area contributed by atoms with E-state index in [1.165, 1.54) is 0 Å². The molecule has 1 fully saturated rings. The molecule has 3 N–H and O–H groups in total. The Balaban J connectivity index is 1.97. The maximum absolute atomic E-state index is 11.9. The van der Waals surface area contributed by atoms with Gasteiger partial charge in [0.05, 0.1) is 5.02 Å². The molecule has 17 heavy (non-hydrogen) atoms. The van der Waals surface area contributed by atoms with Gasteiger partial charge in [0.1, 0.15) is 0 Å². The molecule has 0 spiro atoms. The summed E-state index contributed by atoms with van der Waals surface area (Å²) < 4.78 is 0.782. The van der Waals surface area contributed by atoms with Crippen LogP contribution < -0.4 is 11.1 Å². The highest BCUT2D eigenvalue weighted by atomic mass is 79.9. The number of nitrogens with two attached hydrogens (primary N) is 1. The van der Waals surface area contributed by atoms with Gasteiger partial charge in [-0.3, -0.25) is 4.79 Å². The number of nitrogens with one attached hydrogen (secondary N) is 1. The number of rotatable bonds is 3. The molecule has 0 radical (unpaired) electrons. The van der Waals surface area contributed by atoms with Gasteiger partial charge in [-0.25, -0.2) is 0 Å². The lowest BCUT2D eigenvalue weighted by atomic mass is 9.78. The summed E-state index contributed by atoms with van der Waals surface area (Å²) >= 11 is 9.22. The normalized spacial score (nSPS) is 17.4. The van der Waals surface area contributed by atoms with E-state index in [4.69, 9.17) is 17.3 Å². The molecular weight excluding hydrogens is 304 g/mol. The molecule has 1 aliphatic rings. The quantitative estimate of drug-likeness (QED) is 0.900. The number of amides is 1. The van der Waals surface area contributed by atoms with Crippen LogP contribution in [0.3, 0.4) is 0 Å². The standard InChI is InChI=1S/C12H14BrClN2O/c13-9-3-2-8(6-10(9)14)11(17)16-7-12(15)4-1-5-12/h2-3,6H,1,4-5,7,15H2,(H,16,17). The van der Waals surface area contributed by atoms with Gasteiger partial charge in [-0.05, 0) is 53.4 Å². The molecule has 0 atom stereocenters. The zero-order chi connectivity index (χ0) is 12.5. The van der Waals surface area contributed by atoms with Crippen LogP contribution in [0.15, 0.2) is 22.7 Å². The van der Waals surface area contributed by atoms with Gasteiger partial charge in [0.15, 0.2) is 0 Å². The molecule has 3 nitrogen and oxygen atoms in total. The van der Waals surface area contributed by atoms with Gasteiger partial charge in [-0.1, -0.05) is 11.6 Å². The van der Waals surface area contributed by atoms with Crippen molar-refractivity contribution in [1.82, 2.24) is 5.32 Å². The Kier molecular flexibility index (Phi) is 3.76. The molecule has 1 aromatic rings. The van der Waals surface area contributed by atoms with Crippen molar-refractivity contribution < 1.29 is 4.79 Å². The van der Waals surface area contributed by atoms with Crippen LogP contribution in [0.4, 0.5) is 0 Å². The molecule has 1 amide bonds. The van der Waals surface area contributed by atoms with E-state index >= 15 is 0 Å². The Morgan fingerprint density at radius 3 is 2.76 bits per heavy atom. The molecule has 2 rings (SSSR count). The van der Waals surface area contributed by atoms with Crippen molar-refractivity contribution in [2.75, 3.05) is 6.54 Å². The van der Waals surface area contributed by atoms with Crippen molar-refractivity contribution in [1.29, 1.82) is 0 Å². The van der Waals surface area contributed by atoms with Gasteiger partial charge in [-0.15, -0.1) is 0 Å². The third-order valence-corrected chi connectivity index (χ3v) is 4.36. The molecule has 0 unspecified atom stereocenters. The molecule has 1 aliphatic carbocycles. The lowest BCUT2D eigenvalue weighted by Gasteiger charge is -2.38. The second kappa shape index (κ2) is 4.96. The van der Waals surface area contributed by atoms with Crippen LogP contribution >= 0.6 is 27.5 Å². The first-order chi connectivity index (χ1) is 8.00. The monoisotopic (exact) mass is 316 g/mol. The van der Waals surface area contributed by atoms with E-state index in [9.17, 15) is 4.79 Å². The average Bonchev–Trinajstić information content (AvgIpc) is 2.27. The molecule has 0 heterocycles. The van der Waals surface area contributed by atoms with Crippen LogP contribution in [0.1, 0.15) is 29.6 Å². The summed E-state index contributed by atoms with van der Waals surface area (Å²) in [7, 11) is 0. The molecule has 1 aromatic carbocycles. The predicted octanol–water partition coefficient (Wildman–Crippen LogP) is 2.71. The van der Waals surface area contributed by atoms with Gasteiger partial charge in [0, 0.05) is 22.1 Å². The number of halogens is 2. The summed E-state index contributed by atoms with van der Waals surface area (Å²) in [6, 6.07) is 5.14. The molecule has 0 aliphatic heterocycles. The van der Waals surface area contributed by atoms with Crippen LogP contribution in [-0.2, 0) is 0 Å². The molecule has 92 valence electrons. The first-order valence-corrected chi connectivity index (χ1v) is 6.69. The highest BCUT2D eigenvalue weighted by Crippen LogP contribution is 2.28. The van der Waals surface area contributed by atoms with Gasteiger partial charge < -0.3 is 11.1 Å². The van der Waals surface area contributed by atoms with Crippen molar-refractivity contribution >= 4 is 33.4 Å². The minimum Gasteiger partial charge on any atom is -0.350 e. The van der Waals surface area contributed by atoms with Crippen LogP contribution in [-0.4, -0.2) is 18.0 Å². The lowest BCUT2D eigenvalue weighted by Crippen LogP contribution is -2.54. The molecule has 0 aromatic heterocycles. The summed E-state index contributed by atoms with van der Waals surface area (Å²) in [6.07, 6.45) is 3.11. The Labute approximate surface area is 114 Å². The number of carbonyl (C=O) groups excluding carboxylic acids is 1. The summed E-state index contributed by atoms with van der Waals surface area (Å²) in [5, 5.41) is 3.38. The fourth-order valence-electron chi connectivity index (χ4n) is 1.80. The third kappa shape index (κ3) is 3.00. The lowest BCUT2D eigenvalue weighted by molar-refractivity contribution is 0.0930. The maximum atomic E-state index is 11.9. The van der Waals surface area contributed by atoms with E-state index in [0.29, 0.717) is 17.1 Å². The zero-order valence-corrected chi connectivity index (χ0v) is 11.6. The Bertz CT molecular complexity index is 446. The summed E-state index contributed by atoms with van der Waals surface area (Å²) in [4.78, 5) is 11.9. The largest absolute Gasteiger partial charge is 0.350 e.